The summed E-state index contributed by atoms with van der Waals surface area (Å²) in [7, 11) is 0. The van der Waals surface area contributed by atoms with E-state index in [9.17, 15) is 15.0 Å². The molecular weight excluding hydrogens is 368 g/mol. The predicted octanol–water partition coefficient (Wildman–Crippen LogP) is 1.08. The van der Waals surface area contributed by atoms with Gasteiger partial charge in [0.25, 0.3) is 0 Å². The second-order valence-electron chi connectivity index (χ2n) is 9.71. The molecule has 0 radical (unpaired) electrons. The highest BCUT2D eigenvalue weighted by Gasteiger charge is 2.71. The van der Waals surface area contributed by atoms with Gasteiger partial charge in [-0.3, -0.25) is 9.69 Å². The summed E-state index contributed by atoms with van der Waals surface area (Å²) >= 11 is 0. The van der Waals surface area contributed by atoms with E-state index >= 15 is 0 Å². The van der Waals surface area contributed by atoms with Crippen molar-refractivity contribution in [2.45, 2.75) is 56.1 Å². The predicted molar refractivity (Wildman–Crippen MR) is 105 cm³/mol. The van der Waals surface area contributed by atoms with Gasteiger partial charge in [-0.2, -0.15) is 0 Å². The van der Waals surface area contributed by atoms with Gasteiger partial charge in [0.1, 0.15) is 0 Å². The van der Waals surface area contributed by atoms with Gasteiger partial charge in [-0.25, -0.2) is 0 Å². The zero-order chi connectivity index (χ0) is 19.5. The third kappa shape index (κ3) is 1.82. The first kappa shape index (κ1) is 17.0. The van der Waals surface area contributed by atoms with Crippen LogP contribution in [0.25, 0.3) is 0 Å². The Hall–Kier alpha value is -1.73. The van der Waals surface area contributed by atoms with E-state index in [0.29, 0.717) is 30.9 Å². The van der Waals surface area contributed by atoms with E-state index in [0.717, 1.165) is 42.7 Å². The number of benzene rings is 1. The van der Waals surface area contributed by atoms with Gasteiger partial charge in [0.15, 0.2) is 0 Å². The summed E-state index contributed by atoms with van der Waals surface area (Å²) in [5.74, 6) is 0.983. The number of carbonyl (C=O) groups excluding carboxylic acids is 1. The Morgan fingerprint density at radius 2 is 2.03 bits per heavy atom. The van der Waals surface area contributed by atoms with E-state index in [2.05, 4.69) is 21.9 Å². The number of amides is 1. The van der Waals surface area contributed by atoms with Crippen molar-refractivity contribution in [3.8, 4) is 0 Å². The fourth-order valence-electron chi connectivity index (χ4n) is 7.97. The largest absolute Gasteiger partial charge is 0.392 e. The minimum absolute atomic E-state index is 0.00332. The third-order valence-electron chi connectivity index (χ3n) is 8.97. The van der Waals surface area contributed by atoms with E-state index in [1.54, 1.807) is 0 Å². The number of hydrogen-bond acceptors (Lipinski definition) is 5. The van der Waals surface area contributed by atoms with Crippen LogP contribution < -0.4 is 4.90 Å². The number of fused-ring (bicyclic) bond motifs is 2. The molecule has 1 saturated carbocycles. The fraction of sp³-hybridized carbons (Fsp3) is 0.609. The zero-order valence-electron chi connectivity index (χ0n) is 16.4. The van der Waals surface area contributed by atoms with Crippen LogP contribution in [0.15, 0.2) is 23.8 Å². The molecule has 5 heterocycles. The van der Waals surface area contributed by atoms with Gasteiger partial charge in [0.05, 0.1) is 38.4 Å². The molecule has 1 aliphatic carbocycles. The molecule has 0 aromatic heterocycles. The van der Waals surface area contributed by atoms with Crippen LogP contribution in [0, 0.1) is 11.8 Å². The minimum atomic E-state index is -0.122. The summed E-state index contributed by atoms with van der Waals surface area (Å²) in [6.07, 6.45) is 4.92. The van der Waals surface area contributed by atoms with Crippen molar-refractivity contribution in [3.05, 3.63) is 40.5 Å². The van der Waals surface area contributed by atoms with Crippen LogP contribution in [0.2, 0.25) is 0 Å². The highest BCUT2D eigenvalue weighted by atomic mass is 16.5. The number of aliphatic hydroxyl groups excluding tert-OH is 2. The molecule has 1 aromatic carbocycles. The molecule has 6 aliphatic rings. The van der Waals surface area contributed by atoms with Crippen molar-refractivity contribution in [3.63, 3.8) is 0 Å². The molecule has 152 valence electrons. The molecule has 6 nitrogen and oxygen atoms in total. The van der Waals surface area contributed by atoms with E-state index in [4.69, 9.17) is 4.74 Å². The summed E-state index contributed by atoms with van der Waals surface area (Å²) in [5, 5.41) is 19.8. The van der Waals surface area contributed by atoms with Gasteiger partial charge in [-0.05, 0) is 48.1 Å². The SMILES string of the molecule is O=C1C[C@@H]2OCC=C3CN4CC[C@]56c7cc(CO)c(CO)cc7N1[C@H]5[C@H]2[C@@H]3C[C@@H]46. The maximum Gasteiger partial charge on any atom is 0.229 e. The molecule has 1 amide bonds. The van der Waals surface area contributed by atoms with Crippen molar-refractivity contribution in [1.82, 2.24) is 4.90 Å². The third-order valence-corrected chi connectivity index (χ3v) is 8.97. The quantitative estimate of drug-likeness (QED) is 0.735. The number of aliphatic hydroxyl groups is 2. The molecule has 2 N–H and O–H groups in total. The van der Waals surface area contributed by atoms with Crippen LogP contribution in [0.4, 0.5) is 5.69 Å². The summed E-state index contributed by atoms with van der Waals surface area (Å²) in [5.41, 5.74) is 5.15. The molecule has 6 heteroatoms. The molecule has 2 bridgehead atoms. The van der Waals surface area contributed by atoms with Crippen molar-refractivity contribution < 1.29 is 19.7 Å². The number of ether oxygens (including phenoxy) is 1. The monoisotopic (exact) mass is 394 g/mol. The lowest BCUT2D eigenvalue weighted by Gasteiger charge is -2.58. The second kappa shape index (κ2) is 5.49. The Kier molecular flexibility index (Phi) is 3.22. The molecule has 7 rings (SSSR count). The smallest absolute Gasteiger partial charge is 0.229 e. The van der Waals surface area contributed by atoms with Crippen LogP contribution in [-0.2, 0) is 28.2 Å². The van der Waals surface area contributed by atoms with Crippen LogP contribution in [0.3, 0.4) is 0 Å². The molecule has 3 saturated heterocycles. The summed E-state index contributed by atoms with van der Waals surface area (Å²) in [6.45, 7) is 2.50. The van der Waals surface area contributed by atoms with Crippen molar-refractivity contribution in [2.24, 2.45) is 11.8 Å². The summed E-state index contributed by atoms with van der Waals surface area (Å²) in [6, 6.07) is 4.65. The number of hydrogen-bond donors (Lipinski definition) is 2. The molecule has 5 aliphatic heterocycles. The first-order chi connectivity index (χ1) is 14.2. The van der Waals surface area contributed by atoms with Gasteiger partial charge in [-0.15, -0.1) is 0 Å². The van der Waals surface area contributed by atoms with Gasteiger partial charge in [0, 0.05) is 29.6 Å². The van der Waals surface area contributed by atoms with Gasteiger partial charge >= 0.3 is 0 Å². The average molecular weight is 394 g/mol. The van der Waals surface area contributed by atoms with Crippen LogP contribution in [-0.4, -0.2) is 58.9 Å². The summed E-state index contributed by atoms with van der Waals surface area (Å²) < 4.78 is 6.26. The molecule has 1 spiro atoms. The molecule has 1 aromatic rings. The Morgan fingerprint density at radius 1 is 1.21 bits per heavy atom. The van der Waals surface area contributed by atoms with Crippen LogP contribution >= 0.6 is 0 Å². The van der Waals surface area contributed by atoms with Gasteiger partial charge < -0.3 is 19.8 Å². The van der Waals surface area contributed by atoms with Crippen molar-refractivity contribution >= 4 is 11.6 Å². The van der Waals surface area contributed by atoms with Crippen LogP contribution in [0.1, 0.15) is 36.0 Å². The molecule has 29 heavy (non-hydrogen) atoms. The Morgan fingerprint density at radius 3 is 2.86 bits per heavy atom. The van der Waals surface area contributed by atoms with Gasteiger partial charge in [-0.1, -0.05) is 17.7 Å². The van der Waals surface area contributed by atoms with Crippen molar-refractivity contribution in [2.75, 3.05) is 24.6 Å². The lowest BCUT2D eigenvalue weighted by Crippen LogP contribution is -2.69. The Bertz CT molecular complexity index is 974. The van der Waals surface area contributed by atoms with Crippen LogP contribution in [0.5, 0.6) is 0 Å². The standard InChI is InChI=1S/C23H26N2O4/c26-10-13-5-16-17(6-14(13)11-27)25-20(28)8-18-21-15-7-19-23(16,22(21)25)2-3-24(19)9-12(15)1-4-29-18/h1,5-6,15,18-19,21-22,26-27H,2-4,7-11H2/t15-,18+,19-,21+,22+,23-/m1/s1. The number of piperidine rings is 2. The maximum absolute atomic E-state index is 13.4. The zero-order valence-corrected chi connectivity index (χ0v) is 16.4. The normalized spacial score (nSPS) is 41.3. The minimum Gasteiger partial charge on any atom is -0.392 e. The number of anilines is 1. The number of nitrogens with zero attached hydrogens (tertiary/aromatic N) is 2. The van der Waals surface area contributed by atoms with Crippen molar-refractivity contribution in [1.29, 1.82) is 0 Å². The molecule has 6 atom stereocenters. The van der Waals surface area contributed by atoms with E-state index in [-0.39, 0.29) is 36.7 Å². The molecule has 4 fully saturated rings. The topological polar surface area (TPSA) is 73.2 Å². The van der Waals surface area contributed by atoms with E-state index in [1.165, 1.54) is 11.1 Å². The lowest BCUT2D eigenvalue weighted by molar-refractivity contribution is -0.132. The number of rotatable bonds is 2. The first-order valence-electron chi connectivity index (χ1n) is 10.9. The lowest BCUT2D eigenvalue weighted by atomic mass is 9.53. The first-order valence-corrected chi connectivity index (χ1v) is 10.9. The maximum atomic E-state index is 13.4. The van der Waals surface area contributed by atoms with Gasteiger partial charge in [0.2, 0.25) is 5.91 Å². The van der Waals surface area contributed by atoms with E-state index < -0.39 is 0 Å². The number of carbonyl (C=O) groups is 1. The molecule has 0 unspecified atom stereocenters. The highest BCUT2D eigenvalue weighted by molar-refractivity contribution is 5.99. The Balaban J connectivity index is 1.52. The second-order valence-corrected chi connectivity index (χ2v) is 9.71. The summed E-state index contributed by atoms with van der Waals surface area (Å²) in [4.78, 5) is 18.1. The Labute approximate surface area is 169 Å². The average Bonchev–Trinajstić information content (AvgIpc) is 3.20. The highest BCUT2D eigenvalue weighted by Crippen LogP contribution is 2.65. The van der Waals surface area contributed by atoms with E-state index in [1.807, 2.05) is 6.07 Å². The molecular formula is C23H26N2O4. The fourth-order valence-corrected chi connectivity index (χ4v) is 7.97.